The van der Waals surface area contributed by atoms with Gasteiger partial charge in [0.15, 0.2) is 0 Å². The summed E-state index contributed by atoms with van der Waals surface area (Å²) in [5.74, 6) is 0.238. The molecule has 0 saturated carbocycles. The van der Waals surface area contributed by atoms with Crippen LogP contribution in [0.15, 0.2) is 24.3 Å². The van der Waals surface area contributed by atoms with Gasteiger partial charge in [0, 0.05) is 42.5 Å². The van der Waals surface area contributed by atoms with E-state index in [0.29, 0.717) is 13.2 Å². The van der Waals surface area contributed by atoms with E-state index in [-0.39, 0.29) is 5.88 Å². The first kappa shape index (κ1) is 15.2. The third-order valence-electron chi connectivity index (χ3n) is 3.35. The Morgan fingerprint density at radius 1 is 1.40 bits per heavy atom. The second-order valence-corrected chi connectivity index (χ2v) is 5.20. The zero-order chi connectivity index (χ0) is 14.5. The highest BCUT2D eigenvalue weighted by Crippen LogP contribution is 2.23. The van der Waals surface area contributed by atoms with Crippen LogP contribution < -0.4 is 5.32 Å². The van der Waals surface area contributed by atoms with Gasteiger partial charge in [0.05, 0.1) is 18.6 Å². The van der Waals surface area contributed by atoms with E-state index in [4.69, 9.17) is 16.3 Å². The lowest BCUT2D eigenvalue weighted by molar-refractivity contribution is 0.188. The third-order valence-corrected chi connectivity index (χ3v) is 3.70. The number of aromatic nitrogens is 1. The first-order valence-electron chi connectivity index (χ1n) is 6.72. The van der Waals surface area contributed by atoms with Crippen molar-refractivity contribution in [3.05, 3.63) is 30.0 Å². The molecule has 20 heavy (non-hydrogen) atoms. The minimum Gasteiger partial charge on any atom is -0.390 e. The summed E-state index contributed by atoms with van der Waals surface area (Å²) < 4.78 is 7.39. The van der Waals surface area contributed by atoms with Gasteiger partial charge in [-0.05, 0) is 31.2 Å². The zero-order valence-corrected chi connectivity index (χ0v) is 12.7. The average molecular weight is 297 g/mol. The molecule has 0 saturated heterocycles. The lowest BCUT2D eigenvalue weighted by Crippen LogP contribution is -2.20. The number of ether oxygens (including phenoxy) is 1. The number of rotatable bonds is 7. The molecule has 1 atom stereocenters. The summed E-state index contributed by atoms with van der Waals surface area (Å²) in [6, 6.07) is 8.36. The Kier molecular flexibility index (Phi) is 5.29. The average Bonchev–Trinajstić information content (AvgIpc) is 2.77. The van der Waals surface area contributed by atoms with Crippen molar-refractivity contribution in [2.75, 3.05) is 31.5 Å². The smallest absolute Gasteiger partial charge is 0.0847 e. The Bertz CT molecular complexity index is 568. The highest BCUT2D eigenvalue weighted by Gasteiger charge is 2.07. The van der Waals surface area contributed by atoms with Crippen molar-refractivity contribution in [1.29, 1.82) is 0 Å². The van der Waals surface area contributed by atoms with Crippen LogP contribution >= 0.6 is 11.6 Å². The molecule has 2 N–H and O–H groups in total. The van der Waals surface area contributed by atoms with Crippen LogP contribution in [0.3, 0.4) is 0 Å². The molecule has 1 heterocycles. The summed E-state index contributed by atoms with van der Waals surface area (Å²) >= 11 is 5.58. The number of benzene rings is 1. The minimum atomic E-state index is -0.527. The molecule has 0 radical (unpaired) electrons. The van der Waals surface area contributed by atoms with Gasteiger partial charge in [0.2, 0.25) is 0 Å². The summed E-state index contributed by atoms with van der Waals surface area (Å²) in [6.45, 7) is 4.11. The Hall–Kier alpha value is -1.23. The summed E-state index contributed by atoms with van der Waals surface area (Å²) in [6.07, 6.45) is -0.527. The molecule has 0 amide bonds. The number of alkyl halides is 1. The van der Waals surface area contributed by atoms with Gasteiger partial charge in [-0.1, -0.05) is 0 Å². The van der Waals surface area contributed by atoms with Crippen molar-refractivity contribution in [2.45, 2.75) is 19.6 Å². The van der Waals surface area contributed by atoms with Crippen molar-refractivity contribution in [3.8, 4) is 0 Å². The highest BCUT2D eigenvalue weighted by molar-refractivity contribution is 6.18. The summed E-state index contributed by atoms with van der Waals surface area (Å²) in [5, 5.41) is 13.8. The Morgan fingerprint density at radius 3 is 2.90 bits per heavy atom. The Labute approximate surface area is 124 Å². The number of aliphatic hydroxyl groups excluding tert-OH is 1. The summed E-state index contributed by atoms with van der Waals surface area (Å²) in [7, 11) is 1.71. The molecule has 0 spiro atoms. The van der Waals surface area contributed by atoms with Crippen molar-refractivity contribution in [1.82, 2.24) is 4.57 Å². The SMILES string of the molecule is COCCn1c(C)cc2cc(NCC(O)CCl)ccc21. The normalized spacial score (nSPS) is 12.8. The second-order valence-electron chi connectivity index (χ2n) is 4.89. The lowest BCUT2D eigenvalue weighted by atomic mass is 10.2. The Morgan fingerprint density at radius 2 is 2.20 bits per heavy atom. The number of nitrogens with one attached hydrogen (secondary N) is 1. The van der Waals surface area contributed by atoms with Crippen LogP contribution in [0.5, 0.6) is 0 Å². The largest absolute Gasteiger partial charge is 0.390 e. The number of hydrogen-bond donors (Lipinski definition) is 2. The zero-order valence-electron chi connectivity index (χ0n) is 11.9. The summed E-state index contributed by atoms with van der Waals surface area (Å²) in [4.78, 5) is 0. The molecule has 0 aliphatic carbocycles. The lowest BCUT2D eigenvalue weighted by Gasteiger charge is -2.11. The number of hydrogen-bond acceptors (Lipinski definition) is 3. The van der Waals surface area contributed by atoms with Crippen LogP contribution in [-0.4, -0.2) is 41.9 Å². The van der Waals surface area contributed by atoms with Crippen LogP contribution in [-0.2, 0) is 11.3 Å². The van der Waals surface area contributed by atoms with Crippen LogP contribution in [0.2, 0.25) is 0 Å². The maximum Gasteiger partial charge on any atom is 0.0847 e. The molecule has 110 valence electrons. The maximum atomic E-state index is 9.47. The van der Waals surface area contributed by atoms with Crippen molar-refractivity contribution < 1.29 is 9.84 Å². The van der Waals surface area contributed by atoms with Crippen LogP contribution in [0.4, 0.5) is 5.69 Å². The molecular weight excluding hydrogens is 276 g/mol. The maximum absolute atomic E-state index is 9.47. The number of methoxy groups -OCH3 is 1. The van der Waals surface area contributed by atoms with Gasteiger partial charge in [-0.3, -0.25) is 0 Å². The molecular formula is C15H21ClN2O2. The van der Waals surface area contributed by atoms with Gasteiger partial charge in [-0.25, -0.2) is 0 Å². The second kappa shape index (κ2) is 6.97. The van der Waals surface area contributed by atoms with Crippen LogP contribution in [0.1, 0.15) is 5.69 Å². The molecule has 2 aromatic rings. The minimum absolute atomic E-state index is 0.238. The molecule has 0 aliphatic heterocycles. The van der Waals surface area contributed by atoms with Gasteiger partial charge < -0.3 is 19.7 Å². The number of aliphatic hydroxyl groups is 1. The number of anilines is 1. The van der Waals surface area contributed by atoms with E-state index >= 15 is 0 Å². The van der Waals surface area contributed by atoms with Gasteiger partial charge in [0.25, 0.3) is 0 Å². The molecule has 4 nitrogen and oxygen atoms in total. The monoisotopic (exact) mass is 296 g/mol. The quantitative estimate of drug-likeness (QED) is 0.772. The van der Waals surface area contributed by atoms with Gasteiger partial charge >= 0.3 is 0 Å². The van der Waals surface area contributed by atoms with E-state index in [1.54, 1.807) is 7.11 Å². The number of halogens is 1. The topological polar surface area (TPSA) is 46.4 Å². The van der Waals surface area contributed by atoms with Crippen LogP contribution in [0.25, 0.3) is 10.9 Å². The van der Waals surface area contributed by atoms with E-state index in [2.05, 4.69) is 35.0 Å². The van der Waals surface area contributed by atoms with Crippen molar-refractivity contribution >= 4 is 28.2 Å². The fraction of sp³-hybridized carbons (Fsp3) is 0.467. The van der Waals surface area contributed by atoms with Crippen LogP contribution in [0, 0.1) is 6.92 Å². The fourth-order valence-electron chi connectivity index (χ4n) is 2.29. The third kappa shape index (κ3) is 3.45. The molecule has 0 fully saturated rings. The molecule has 1 aromatic heterocycles. The predicted octanol–water partition coefficient (Wildman–Crippen LogP) is 2.61. The van der Waals surface area contributed by atoms with E-state index in [0.717, 1.165) is 12.2 Å². The molecule has 0 bridgehead atoms. The number of fused-ring (bicyclic) bond motifs is 1. The molecule has 1 unspecified atom stereocenters. The molecule has 5 heteroatoms. The van der Waals surface area contributed by atoms with E-state index in [1.807, 2.05) is 6.07 Å². The molecule has 0 aliphatic rings. The van der Waals surface area contributed by atoms with E-state index in [9.17, 15) is 5.11 Å². The van der Waals surface area contributed by atoms with Gasteiger partial charge in [-0.15, -0.1) is 11.6 Å². The highest BCUT2D eigenvalue weighted by atomic mass is 35.5. The first-order chi connectivity index (χ1) is 9.65. The molecule has 1 aromatic carbocycles. The van der Waals surface area contributed by atoms with E-state index < -0.39 is 6.10 Å². The number of nitrogens with zero attached hydrogens (tertiary/aromatic N) is 1. The Balaban J connectivity index is 2.18. The molecule has 2 rings (SSSR count). The van der Waals surface area contributed by atoms with Crippen molar-refractivity contribution in [2.24, 2.45) is 0 Å². The first-order valence-corrected chi connectivity index (χ1v) is 7.26. The number of aryl methyl sites for hydroxylation is 1. The van der Waals surface area contributed by atoms with E-state index in [1.165, 1.54) is 16.6 Å². The van der Waals surface area contributed by atoms with Gasteiger partial charge in [0.1, 0.15) is 0 Å². The van der Waals surface area contributed by atoms with Crippen molar-refractivity contribution in [3.63, 3.8) is 0 Å². The summed E-state index contributed by atoms with van der Waals surface area (Å²) in [5.41, 5.74) is 3.41. The van der Waals surface area contributed by atoms with Gasteiger partial charge in [-0.2, -0.15) is 0 Å². The predicted molar refractivity (Wildman–Crippen MR) is 83.8 cm³/mol. The standard InChI is InChI=1S/C15H21ClN2O2/c1-11-7-12-8-13(17-10-14(19)9-16)3-4-15(12)18(11)5-6-20-2/h3-4,7-8,14,17,19H,5-6,9-10H2,1-2H3. The fourth-order valence-corrected chi connectivity index (χ4v) is 2.40.